The number of carbonyl (C=O) groups is 2. The molecule has 2 atom stereocenters. The average molecular weight is 322 g/mol. The van der Waals surface area contributed by atoms with Crippen LogP contribution < -0.4 is 0 Å². The van der Waals surface area contributed by atoms with E-state index in [1.54, 1.807) is 4.90 Å². The summed E-state index contributed by atoms with van der Waals surface area (Å²) >= 11 is 0. The third-order valence-electron chi connectivity index (χ3n) is 5.35. The van der Waals surface area contributed by atoms with Crippen LogP contribution in [0.25, 0.3) is 0 Å². The van der Waals surface area contributed by atoms with Gasteiger partial charge in [0.15, 0.2) is 0 Å². The molecule has 0 aromatic rings. The summed E-state index contributed by atoms with van der Waals surface area (Å²) in [6.45, 7) is 5.54. The van der Waals surface area contributed by atoms with E-state index >= 15 is 0 Å². The standard InChI is InChI=1S/C16H22N2O5/c19-14-13-12(15(20)21)8-11-9-16(13,23-11)10-18(14)3-1-2-17-4-6-22-7-5-17/h11H,1-10H2,(H,20,21)/t11-,16+/m0/s1. The number of ether oxygens (including phenoxy) is 2. The minimum Gasteiger partial charge on any atom is -0.478 e. The lowest BCUT2D eigenvalue weighted by Crippen LogP contribution is -2.57. The Balaban J connectivity index is 1.41. The molecule has 1 amide bonds. The van der Waals surface area contributed by atoms with Gasteiger partial charge in [-0.2, -0.15) is 0 Å². The van der Waals surface area contributed by atoms with Gasteiger partial charge in [-0.1, -0.05) is 0 Å². The third-order valence-corrected chi connectivity index (χ3v) is 5.35. The maximum atomic E-state index is 12.7. The van der Waals surface area contributed by atoms with Gasteiger partial charge < -0.3 is 19.5 Å². The summed E-state index contributed by atoms with van der Waals surface area (Å²) in [5, 5.41) is 9.37. The number of nitrogens with zero attached hydrogens (tertiary/aromatic N) is 2. The van der Waals surface area contributed by atoms with E-state index in [4.69, 9.17) is 9.47 Å². The van der Waals surface area contributed by atoms with Crippen LogP contribution in [0.2, 0.25) is 0 Å². The summed E-state index contributed by atoms with van der Waals surface area (Å²) in [7, 11) is 0. The fourth-order valence-electron chi connectivity index (χ4n) is 4.28. The van der Waals surface area contributed by atoms with Crippen molar-refractivity contribution in [3.63, 3.8) is 0 Å². The lowest BCUT2D eigenvalue weighted by Gasteiger charge is -2.49. The number of carboxylic acids is 1. The Hall–Kier alpha value is -1.44. The maximum absolute atomic E-state index is 12.7. The number of likely N-dealkylation sites (tertiary alicyclic amines) is 1. The second kappa shape index (κ2) is 5.58. The average Bonchev–Trinajstić information content (AvgIpc) is 2.83. The molecule has 4 heterocycles. The van der Waals surface area contributed by atoms with Crippen LogP contribution in [-0.2, 0) is 19.1 Å². The third kappa shape index (κ3) is 2.47. The number of carbonyl (C=O) groups excluding carboxylic acids is 1. The molecule has 0 radical (unpaired) electrons. The number of hydrogen-bond donors (Lipinski definition) is 1. The highest BCUT2D eigenvalue weighted by atomic mass is 16.5. The Morgan fingerprint density at radius 3 is 2.74 bits per heavy atom. The molecular formula is C16H22N2O5. The van der Waals surface area contributed by atoms with Crippen molar-refractivity contribution in [2.75, 3.05) is 45.9 Å². The number of hydrogen-bond acceptors (Lipinski definition) is 5. The topological polar surface area (TPSA) is 79.3 Å². The Morgan fingerprint density at radius 2 is 2.04 bits per heavy atom. The zero-order valence-corrected chi connectivity index (χ0v) is 13.1. The van der Waals surface area contributed by atoms with E-state index in [9.17, 15) is 14.7 Å². The lowest BCUT2D eigenvalue weighted by atomic mass is 9.74. The van der Waals surface area contributed by atoms with Crippen LogP contribution in [0.3, 0.4) is 0 Å². The molecule has 23 heavy (non-hydrogen) atoms. The van der Waals surface area contributed by atoms with Gasteiger partial charge in [0.2, 0.25) is 0 Å². The van der Waals surface area contributed by atoms with Crippen LogP contribution in [0.4, 0.5) is 0 Å². The Morgan fingerprint density at radius 1 is 1.30 bits per heavy atom. The molecule has 0 unspecified atom stereocenters. The molecule has 3 saturated heterocycles. The summed E-state index contributed by atoms with van der Waals surface area (Å²) in [5.41, 5.74) is 0.0548. The molecule has 0 aromatic carbocycles. The number of aliphatic carboxylic acids is 1. The van der Waals surface area contributed by atoms with Crippen LogP contribution in [-0.4, -0.2) is 84.4 Å². The Labute approximate surface area is 134 Å². The van der Waals surface area contributed by atoms with Gasteiger partial charge in [-0.3, -0.25) is 9.69 Å². The first-order valence-corrected chi connectivity index (χ1v) is 8.33. The fourth-order valence-corrected chi connectivity index (χ4v) is 4.28. The second-order valence-electron chi connectivity index (χ2n) is 6.84. The molecule has 1 N–H and O–H groups in total. The van der Waals surface area contributed by atoms with E-state index in [0.717, 1.165) is 45.7 Å². The summed E-state index contributed by atoms with van der Waals surface area (Å²) in [5.74, 6) is -1.11. The van der Waals surface area contributed by atoms with Crippen molar-refractivity contribution >= 4 is 11.9 Å². The van der Waals surface area contributed by atoms with Gasteiger partial charge in [0.05, 0.1) is 37.0 Å². The van der Waals surface area contributed by atoms with Crippen LogP contribution >= 0.6 is 0 Å². The monoisotopic (exact) mass is 322 g/mol. The predicted molar refractivity (Wildman–Crippen MR) is 80.0 cm³/mol. The zero-order chi connectivity index (χ0) is 16.0. The van der Waals surface area contributed by atoms with E-state index in [0.29, 0.717) is 25.1 Å². The van der Waals surface area contributed by atoms with Gasteiger partial charge in [0.1, 0.15) is 5.60 Å². The molecular weight excluding hydrogens is 300 g/mol. The minimum atomic E-state index is -0.971. The van der Waals surface area contributed by atoms with Crippen molar-refractivity contribution < 1.29 is 24.2 Å². The van der Waals surface area contributed by atoms with Gasteiger partial charge in [-0.05, 0) is 6.42 Å². The highest BCUT2D eigenvalue weighted by Crippen LogP contribution is 2.52. The molecule has 5 rings (SSSR count). The van der Waals surface area contributed by atoms with Crippen LogP contribution in [0.15, 0.2) is 11.1 Å². The summed E-state index contributed by atoms with van der Waals surface area (Å²) < 4.78 is 11.2. The lowest BCUT2D eigenvalue weighted by molar-refractivity contribution is -0.188. The normalized spacial score (nSPS) is 33.7. The maximum Gasteiger partial charge on any atom is 0.332 e. The number of morpholine rings is 1. The highest BCUT2D eigenvalue weighted by molar-refractivity contribution is 6.06. The number of rotatable bonds is 5. The molecule has 1 spiro atoms. The summed E-state index contributed by atoms with van der Waals surface area (Å²) in [6.07, 6.45) is 2.01. The van der Waals surface area contributed by atoms with Gasteiger partial charge in [-0.25, -0.2) is 4.79 Å². The van der Waals surface area contributed by atoms with Crippen LogP contribution in [0, 0.1) is 0 Å². The summed E-state index contributed by atoms with van der Waals surface area (Å²) in [6, 6.07) is 0. The van der Waals surface area contributed by atoms with Crippen molar-refractivity contribution in [1.29, 1.82) is 0 Å². The second-order valence-corrected chi connectivity index (χ2v) is 6.84. The highest BCUT2D eigenvalue weighted by Gasteiger charge is 2.61. The number of carboxylic acid groups (broad SMARTS) is 1. The molecule has 3 fully saturated rings. The molecule has 7 nitrogen and oxygen atoms in total. The number of fused-ring (bicyclic) bond motifs is 1. The van der Waals surface area contributed by atoms with Crippen molar-refractivity contribution in [3.8, 4) is 0 Å². The molecule has 7 heteroatoms. The van der Waals surface area contributed by atoms with Crippen molar-refractivity contribution in [2.45, 2.75) is 31.0 Å². The van der Waals surface area contributed by atoms with Crippen molar-refractivity contribution in [1.82, 2.24) is 9.80 Å². The molecule has 4 aliphatic heterocycles. The van der Waals surface area contributed by atoms with Crippen molar-refractivity contribution in [3.05, 3.63) is 11.1 Å². The molecule has 126 valence electrons. The first kappa shape index (κ1) is 15.1. The van der Waals surface area contributed by atoms with Gasteiger partial charge >= 0.3 is 5.97 Å². The SMILES string of the molecule is O=C(O)C1=C2C(=O)N(CCCN3CCOCC3)C[C@]23C[C@H](C1)O3. The van der Waals surface area contributed by atoms with Gasteiger partial charge in [-0.15, -0.1) is 0 Å². The smallest absolute Gasteiger partial charge is 0.332 e. The number of amides is 1. The van der Waals surface area contributed by atoms with Gasteiger partial charge in [0, 0.05) is 39.0 Å². The van der Waals surface area contributed by atoms with Crippen LogP contribution in [0.1, 0.15) is 19.3 Å². The predicted octanol–water partition coefficient (Wildman–Crippen LogP) is -0.136. The van der Waals surface area contributed by atoms with E-state index < -0.39 is 11.6 Å². The Bertz CT molecular complexity index is 561. The Kier molecular flexibility index (Phi) is 3.66. The van der Waals surface area contributed by atoms with E-state index in [1.165, 1.54) is 0 Å². The fraction of sp³-hybridized carbons (Fsp3) is 0.750. The quantitative estimate of drug-likeness (QED) is 0.759. The molecule has 1 aliphatic carbocycles. The van der Waals surface area contributed by atoms with E-state index in [1.807, 2.05) is 0 Å². The molecule has 0 saturated carbocycles. The van der Waals surface area contributed by atoms with Gasteiger partial charge in [0.25, 0.3) is 5.91 Å². The minimum absolute atomic E-state index is 0.0223. The molecule has 2 bridgehead atoms. The molecule has 5 aliphatic rings. The van der Waals surface area contributed by atoms with Crippen LogP contribution in [0.5, 0.6) is 0 Å². The van der Waals surface area contributed by atoms with E-state index in [-0.39, 0.29) is 17.6 Å². The first-order valence-electron chi connectivity index (χ1n) is 8.33. The largest absolute Gasteiger partial charge is 0.478 e. The van der Waals surface area contributed by atoms with Crippen molar-refractivity contribution in [2.24, 2.45) is 0 Å². The first-order chi connectivity index (χ1) is 11.1. The molecule has 0 aromatic heterocycles. The summed E-state index contributed by atoms with van der Waals surface area (Å²) in [4.78, 5) is 28.2. The zero-order valence-electron chi connectivity index (χ0n) is 13.1. The van der Waals surface area contributed by atoms with E-state index in [2.05, 4.69) is 4.90 Å².